The summed E-state index contributed by atoms with van der Waals surface area (Å²) in [7, 11) is 1.34. The van der Waals surface area contributed by atoms with Crippen LogP contribution in [0.25, 0.3) is 22.4 Å². The van der Waals surface area contributed by atoms with E-state index in [1.165, 1.54) is 7.11 Å². The van der Waals surface area contributed by atoms with Crippen molar-refractivity contribution >= 4 is 23.1 Å². The molecule has 0 amide bonds. The van der Waals surface area contributed by atoms with Crippen molar-refractivity contribution in [3.05, 3.63) is 36.2 Å². The van der Waals surface area contributed by atoms with Crippen LogP contribution in [0, 0.1) is 0 Å². The highest BCUT2D eigenvalue weighted by atomic mass is 16.6. The number of ether oxygens (including phenoxy) is 3. The third-order valence-corrected chi connectivity index (χ3v) is 5.18. The molecule has 3 heterocycles. The van der Waals surface area contributed by atoms with Gasteiger partial charge >= 0.3 is 5.97 Å². The summed E-state index contributed by atoms with van der Waals surface area (Å²) in [4.78, 5) is 27.8. The van der Waals surface area contributed by atoms with Gasteiger partial charge in [-0.15, -0.1) is 0 Å². The first kappa shape index (κ1) is 21.2. The van der Waals surface area contributed by atoms with E-state index < -0.39 is 5.97 Å². The van der Waals surface area contributed by atoms with Crippen LogP contribution in [0.5, 0.6) is 0 Å². The molecular formula is C22H27N5O4. The highest BCUT2D eigenvalue weighted by Crippen LogP contribution is 2.29. The van der Waals surface area contributed by atoms with Gasteiger partial charge in [-0.2, -0.15) is 4.98 Å². The molecule has 4 rings (SSSR count). The largest absolute Gasteiger partial charge is 0.467 e. The summed E-state index contributed by atoms with van der Waals surface area (Å²) in [5.74, 6) is 0.281. The molecule has 0 unspecified atom stereocenters. The molecule has 1 aromatic carbocycles. The number of nitrogens with zero attached hydrogens (tertiary/aromatic N) is 5. The van der Waals surface area contributed by atoms with Gasteiger partial charge in [0.05, 0.1) is 33.3 Å². The Kier molecular flexibility index (Phi) is 6.43. The zero-order valence-electron chi connectivity index (χ0n) is 18.1. The number of rotatable bonds is 7. The predicted molar refractivity (Wildman–Crippen MR) is 116 cm³/mol. The van der Waals surface area contributed by atoms with Gasteiger partial charge < -0.3 is 23.7 Å². The van der Waals surface area contributed by atoms with Gasteiger partial charge in [-0.25, -0.2) is 14.8 Å². The Bertz CT molecular complexity index is 1060. The number of morpholine rings is 1. The maximum absolute atomic E-state index is 11.3. The normalized spacial score (nSPS) is 14.4. The van der Waals surface area contributed by atoms with E-state index in [0.29, 0.717) is 25.8 Å². The molecule has 0 spiro atoms. The summed E-state index contributed by atoms with van der Waals surface area (Å²) < 4.78 is 17.6. The Morgan fingerprint density at radius 1 is 1.23 bits per heavy atom. The molecule has 9 nitrogen and oxygen atoms in total. The van der Waals surface area contributed by atoms with Crippen molar-refractivity contribution in [2.75, 3.05) is 44.9 Å². The first-order valence-electron chi connectivity index (χ1n) is 10.4. The average molecular weight is 425 g/mol. The summed E-state index contributed by atoms with van der Waals surface area (Å²) >= 11 is 0. The quantitative estimate of drug-likeness (QED) is 0.534. The lowest BCUT2D eigenvalue weighted by atomic mass is 10.1. The van der Waals surface area contributed by atoms with Crippen LogP contribution in [-0.4, -0.2) is 65.5 Å². The smallest absolute Gasteiger partial charge is 0.331 e. The summed E-state index contributed by atoms with van der Waals surface area (Å²) in [6.07, 6.45) is 1.82. The fourth-order valence-electron chi connectivity index (χ4n) is 3.51. The number of carbonyl (C=O) groups is 1. The number of benzene rings is 1. The molecule has 0 atom stereocenters. The average Bonchev–Trinajstić information content (AvgIpc) is 3.23. The number of methoxy groups -OCH3 is 1. The molecule has 0 saturated carbocycles. The molecule has 0 radical (unpaired) electrons. The number of esters is 1. The first-order chi connectivity index (χ1) is 15.1. The topological polar surface area (TPSA) is 91.6 Å². The predicted octanol–water partition coefficient (Wildman–Crippen LogP) is 2.60. The Morgan fingerprint density at radius 3 is 2.77 bits per heavy atom. The fraction of sp³-hybridized carbons (Fsp3) is 0.455. The molecule has 9 heteroatoms. The highest BCUT2D eigenvalue weighted by Gasteiger charge is 2.21. The van der Waals surface area contributed by atoms with Crippen LogP contribution in [0.15, 0.2) is 30.6 Å². The van der Waals surface area contributed by atoms with E-state index in [-0.39, 0.29) is 12.6 Å². The van der Waals surface area contributed by atoms with E-state index in [9.17, 15) is 4.79 Å². The molecule has 1 saturated heterocycles. The second kappa shape index (κ2) is 9.40. The monoisotopic (exact) mass is 425 g/mol. The van der Waals surface area contributed by atoms with E-state index in [4.69, 9.17) is 19.4 Å². The zero-order valence-corrected chi connectivity index (χ0v) is 18.1. The van der Waals surface area contributed by atoms with Gasteiger partial charge in [-0.1, -0.05) is 18.2 Å². The van der Waals surface area contributed by atoms with Crippen molar-refractivity contribution < 1.29 is 19.0 Å². The van der Waals surface area contributed by atoms with Crippen molar-refractivity contribution in [2.45, 2.75) is 26.5 Å². The molecule has 1 aliphatic heterocycles. The van der Waals surface area contributed by atoms with Gasteiger partial charge in [-0.3, -0.25) is 0 Å². The Morgan fingerprint density at radius 2 is 2.03 bits per heavy atom. The molecule has 31 heavy (non-hydrogen) atoms. The summed E-state index contributed by atoms with van der Waals surface area (Å²) in [5.41, 5.74) is 4.22. The van der Waals surface area contributed by atoms with Crippen molar-refractivity contribution in [3.63, 3.8) is 0 Å². The number of anilines is 1. The van der Waals surface area contributed by atoms with Crippen molar-refractivity contribution in [1.29, 1.82) is 0 Å². The SMILES string of the molecule is COC(=O)COCc1cccc(-c2nc(N3CCOCC3)nc3c2ncn3C(C)C)c1. The van der Waals surface area contributed by atoms with Crippen LogP contribution in [-0.2, 0) is 25.6 Å². The molecule has 1 fully saturated rings. The van der Waals surface area contributed by atoms with Crippen molar-refractivity contribution in [3.8, 4) is 11.3 Å². The van der Waals surface area contributed by atoms with E-state index in [2.05, 4.69) is 33.0 Å². The summed E-state index contributed by atoms with van der Waals surface area (Å²) in [6, 6.07) is 8.14. The fourth-order valence-corrected chi connectivity index (χ4v) is 3.51. The van der Waals surface area contributed by atoms with Crippen LogP contribution in [0.2, 0.25) is 0 Å². The molecule has 2 aromatic heterocycles. The van der Waals surface area contributed by atoms with Gasteiger partial charge in [0, 0.05) is 24.7 Å². The van der Waals surface area contributed by atoms with Crippen LogP contribution in [0.3, 0.4) is 0 Å². The molecule has 3 aromatic rings. The van der Waals surface area contributed by atoms with Gasteiger partial charge in [0.15, 0.2) is 5.65 Å². The van der Waals surface area contributed by atoms with Crippen molar-refractivity contribution in [2.24, 2.45) is 0 Å². The van der Waals surface area contributed by atoms with E-state index in [0.717, 1.165) is 41.1 Å². The second-order valence-electron chi connectivity index (χ2n) is 7.66. The third kappa shape index (κ3) is 4.67. The van der Waals surface area contributed by atoms with E-state index in [1.807, 2.05) is 30.6 Å². The third-order valence-electron chi connectivity index (χ3n) is 5.18. The number of hydrogen-bond donors (Lipinski definition) is 0. The van der Waals surface area contributed by atoms with Crippen molar-refractivity contribution in [1.82, 2.24) is 19.5 Å². The summed E-state index contributed by atoms with van der Waals surface area (Å²) in [5, 5.41) is 0. The number of hydrogen-bond acceptors (Lipinski definition) is 8. The van der Waals surface area contributed by atoms with Gasteiger partial charge in [0.25, 0.3) is 0 Å². The van der Waals surface area contributed by atoms with E-state index >= 15 is 0 Å². The minimum Gasteiger partial charge on any atom is -0.467 e. The molecular weight excluding hydrogens is 398 g/mol. The minimum atomic E-state index is -0.400. The standard InChI is InChI=1S/C22H27N5O4/c1-15(2)27-14-23-20-19(24-22(25-21(20)27)26-7-9-30-10-8-26)17-6-4-5-16(11-17)12-31-13-18(28)29-3/h4-6,11,14-15H,7-10,12-13H2,1-3H3. The molecule has 0 bridgehead atoms. The lowest BCUT2D eigenvalue weighted by molar-refractivity contribution is -0.146. The van der Waals surface area contributed by atoms with Gasteiger partial charge in [-0.05, 0) is 25.5 Å². The number of aromatic nitrogens is 4. The zero-order chi connectivity index (χ0) is 21.8. The molecule has 0 aliphatic carbocycles. The number of imidazole rings is 1. The Hall–Kier alpha value is -3.04. The Labute approximate surface area is 181 Å². The van der Waals surface area contributed by atoms with Gasteiger partial charge in [0.1, 0.15) is 17.8 Å². The van der Waals surface area contributed by atoms with Crippen LogP contribution < -0.4 is 4.90 Å². The lowest BCUT2D eigenvalue weighted by Gasteiger charge is -2.27. The van der Waals surface area contributed by atoms with Gasteiger partial charge in [0.2, 0.25) is 5.95 Å². The van der Waals surface area contributed by atoms with E-state index in [1.54, 1.807) is 0 Å². The lowest BCUT2D eigenvalue weighted by Crippen LogP contribution is -2.37. The van der Waals surface area contributed by atoms with Crippen LogP contribution in [0.1, 0.15) is 25.5 Å². The first-order valence-corrected chi connectivity index (χ1v) is 10.4. The molecule has 164 valence electrons. The maximum atomic E-state index is 11.3. The molecule has 0 N–H and O–H groups in total. The minimum absolute atomic E-state index is 0.0849. The number of carbonyl (C=O) groups excluding carboxylic acids is 1. The molecule has 1 aliphatic rings. The Balaban J connectivity index is 1.72. The summed E-state index contributed by atoms with van der Waals surface area (Å²) in [6.45, 7) is 7.25. The van der Waals surface area contributed by atoms with Crippen LogP contribution in [0.4, 0.5) is 5.95 Å². The highest BCUT2D eigenvalue weighted by molar-refractivity contribution is 5.88. The number of fused-ring (bicyclic) bond motifs is 1. The van der Waals surface area contributed by atoms with Crippen LogP contribution >= 0.6 is 0 Å². The second-order valence-corrected chi connectivity index (χ2v) is 7.66. The maximum Gasteiger partial charge on any atom is 0.331 e.